The lowest BCUT2D eigenvalue weighted by Crippen LogP contribution is -2.48. The Balaban J connectivity index is 1.78. The normalized spacial score (nSPS) is 16.3. The van der Waals surface area contributed by atoms with E-state index in [9.17, 15) is 21.6 Å². The van der Waals surface area contributed by atoms with Gasteiger partial charge < -0.3 is 9.32 Å². The van der Waals surface area contributed by atoms with E-state index in [4.69, 9.17) is 9.68 Å². The van der Waals surface area contributed by atoms with Crippen LogP contribution in [0.5, 0.6) is 0 Å². The fraction of sp³-hybridized carbons (Fsp3) is 0.375. The summed E-state index contributed by atoms with van der Waals surface area (Å²) in [5.74, 6) is 0.590. The number of piperazine rings is 1. The monoisotopic (exact) mass is 400 g/mol. The maximum atomic E-state index is 12.9. The molecule has 0 radical (unpaired) electrons. The molecule has 7 nitrogen and oxygen atoms in total. The van der Waals surface area contributed by atoms with Gasteiger partial charge in [-0.25, -0.2) is 13.4 Å². The summed E-state index contributed by atoms with van der Waals surface area (Å²) in [6.07, 6.45) is -4.62. The highest BCUT2D eigenvalue weighted by atomic mass is 32.2. The number of alkyl halides is 3. The average molecular weight is 400 g/mol. The molecule has 0 bridgehead atoms. The van der Waals surface area contributed by atoms with Crippen molar-refractivity contribution in [1.29, 1.82) is 5.26 Å². The van der Waals surface area contributed by atoms with Gasteiger partial charge in [-0.2, -0.15) is 22.7 Å². The molecule has 0 amide bonds. The highest BCUT2D eigenvalue weighted by molar-refractivity contribution is 7.89. The Bertz CT molecular complexity index is 987. The molecule has 2 heterocycles. The molecule has 0 aliphatic carbocycles. The van der Waals surface area contributed by atoms with E-state index in [-0.39, 0.29) is 37.8 Å². The molecule has 1 fully saturated rings. The van der Waals surface area contributed by atoms with Crippen molar-refractivity contribution in [3.8, 4) is 6.07 Å². The molecular formula is C16H15F3N4O3S. The van der Waals surface area contributed by atoms with Crippen molar-refractivity contribution in [1.82, 2.24) is 9.29 Å². The number of oxazole rings is 1. The van der Waals surface area contributed by atoms with Crippen LogP contribution in [0.2, 0.25) is 0 Å². The number of benzene rings is 1. The molecule has 1 aromatic carbocycles. The zero-order chi connectivity index (χ0) is 19.8. The fourth-order valence-corrected chi connectivity index (χ4v) is 4.29. The van der Waals surface area contributed by atoms with E-state index < -0.39 is 26.7 Å². The van der Waals surface area contributed by atoms with Crippen LogP contribution >= 0.6 is 0 Å². The van der Waals surface area contributed by atoms with Gasteiger partial charge in [-0.05, 0) is 18.2 Å². The maximum Gasteiger partial charge on any atom is 0.416 e. The summed E-state index contributed by atoms with van der Waals surface area (Å²) < 4.78 is 70.5. The van der Waals surface area contributed by atoms with Crippen LogP contribution in [0.4, 0.5) is 19.1 Å². The van der Waals surface area contributed by atoms with Crippen LogP contribution in [-0.4, -0.2) is 43.9 Å². The minimum Gasteiger partial charge on any atom is -0.424 e. The molecule has 0 saturated carbocycles. The molecule has 1 aliphatic heterocycles. The lowest BCUT2D eigenvalue weighted by atomic mass is 10.2. The Morgan fingerprint density at radius 3 is 2.48 bits per heavy atom. The van der Waals surface area contributed by atoms with Crippen molar-refractivity contribution in [3.63, 3.8) is 0 Å². The minimum atomic E-state index is -4.62. The van der Waals surface area contributed by atoms with Crippen molar-refractivity contribution in [2.45, 2.75) is 18.0 Å². The van der Waals surface area contributed by atoms with Gasteiger partial charge in [0.2, 0.25) is 21.6 Å². The second kappa shape index (κ2) is 6.86. The van der Waals surface area contributed by atoms with Gasteiger partial charge in [0.15, 0.2) is 5.89 Å². The third-order valence-electron chi connectivity index (χ3n) is 4.15. The minimum absolute atomic E-state index is 0.0448. The van der Waals surface area contributed by atoms with E-state index >= 15 is 0 Å². The van der Waals surface area contributed by atoms with Gasteiger partial charge in [-0.1, -0.05) is 6.07 Å². The zero-order valence-electron chi connectivity index (χ0n) is 14.2. The predicted octanol–water partition coefficient (Wildman–Crippen LogP) is 2.38. The smallest absolute Gasteiger partial charge is 0.416 e. The first kappa shape index (κ1) is 19.2. The molecule has 1 aliphatic rings. The lowest BCUT2D eigenvalue weighted by Gasteiger charge is -2.33. The number of aryl methyl sites for hydroxylation is 1. The van der Waals surface area contributed by atoms with Crippen LogP contribution in [0.1, 0.15) is 17.1 Å². The Morgan fingerprint density at radius 2 is 1.89 bits per heavy atom. The molecule has 11 heteroatoms. The lowest BCUT2D eigenvalue weighted by molar-refractivity contribution is -0.137. The van der Waals surface area contributed by atoms with Gasteiger partial charge >= 0.3 is 6.18 Å². The second-order valence-electron chi connectivity index (χ2n) is 5.92. The first-order valence-electron chi connectivity index (χ1n) is 7.93. The van der Waals surface area contributed by atoms with Crippen LogP contribution in [0.25, 0.3) is 0 Å². The topological polar surface area (TPSA) is 90.4 Å². The van der Waals surface area contributed by atoms with Crippen molar-refractivity contribution < 1.29 is 26.0 Å². The highest BCUT2D eigenvalue weighted by Gasteiger charge is 2.34. The van der Waals surface area contributed by atoms with E-state index in [0.29, 0.717) is 12.0 Å². The summed E-state index contributed by atoms with van der Waals surface area (Å²) in [6.45, 7) is 2.13. The van der Waals surface area contributed by atoms with E-state index in [1.807, 2.05) is 6.07 Å². The number of aromatic nitrogens is 1. The van der Waals surface area contributed by atoms with Gasteiger partial charge in [0.1, 0.15) is 6.07 Å². The molecule has 0 atom stereocenters. The Hall–Kier alpha value is -2.58. The van der Waals surface area contributed by atoms with Gasteiger partial charge in [-0.3, -0.25) is 0 Å². The Kier molecular flexibility index (Phi) is 4.88. The van der Waals surface area contributed by atoms with Gasteiger partial charge in [0, 0.05) is 33.1 Å². The molecule has 0 unspecified atom stereocenters. The van der Waals surface area contributed by atoms with E-state index in [0.717, 1.165) is 22.5 Å². The standard InChI is InChI=1S/C16H15F3N4O3S/c1-11-21-14(10-20)15(26-11)22-5-7-23(8-6-22)27(24,25)13-4-2-3-12(9-13)16(17,18)19/h2-4,9H,5-8H2,1H3. The molecule has 1 saturated heterocycles. The third-order valence-corrected chi connectivity index (χ3v) is 6.04. The van der Waals surface area contributed by atoms with E-state index in [1.54, 1.807) is 11.8 Å². The molecule has 3 rings (SSSR count). The van der Waals surface area contributed by atoms with Gasteiger partial charge in [-0.15, -0.1) is 0 Å². The van der Waals surface area contributed by atoms with Crippen molar-refractivity contribution >= 4 is 15.9 Å². The summed E-state index contributed by atoms with van der Waals surface area (Å²) in [7, 11) is -4.07. The Labute approximate surface area is 153 Å². The number of rotatable bonds is 3. The molecule has 2 aromatic rings. The van der Waals surface area contributed by atoms with E-state index in [1.165, 1.54) is 0 Å². The fourth-order valence-electron chi connectivity index (χ4n) is 2.82. The van der Waals surface area contributed by atoms with Crippen molar-refractivity contribution in [2.24, 2.45) is 0 Å². The first-order chi connectivity index (χ1) is 12.6. The number of nitriles is 1. The summed E-state index contributed by atoms with van der Waals surface area (Å²) in [6, 6.07) is 5.59. The number of hydrogen-bond donors (Lipinski definition) is 0. The molecule has 0 spiro atoms. The van der Waals surface area contributed by atoms with Crippen LogP contribution in [0, 0.1) is 18.3 Å². The first-order valence-corrected chi connectivity index (χ1v) is 9.37. The van der Waals surface area contributed by atoms with Crippen LogP contribution in [0.3, 0.4) is 0 Å². The average Bonchev–Trinajstić information content (AvgIpc) is 3.02. The van der Waals surface area contributed by atoms with Crippen LogP contribution in [-0.2, 0) is 16.2 Å². The third kappa shape index (κ3) is 3.77. The van der Waals surface area contributed by atoms with Crippen LogP contribution in [0.15, 0.2) is 33.6 Å². The van der Waals surface area contributed by atoms with Gasteiger partial charge in [0.25, 0.3) is 0 Å². The molecule has 144 valence electrons. The van der Waals surface area contributed by atoms with Crippen molar-refractivity contribution in [3.05, 3.63) is 41.4 Å². The second-order valence-corrected chi connectivity index (χ2v) is 7.85. The number of sulfonamides is 1. The molecule has 1 aromatic heterocycles. The quantitative estimate of drug-likeness (QED) is 0.786. The molecular weight excluding hydrogens is 385 g/mol. The zero-order valence-corrected chi connectivity index (χ0v) is 15.0. The largest absolute Gasteiger partial charge is 0.424 e. The number of nitrogens with zero attached hydrogens (tertiary/aromatic N) is 4. The number of halogens is 3. The van der Waals surface area contributed by atoms with Gasteiger partial charge in [0.05, 0.1) is 10.5 Å². The predicted molar refractivity (Wildman–Crippen MR) is 88.4 cm³/mol. The van der Waals surface area contributed by atoms with Crippen LogP contribution < -0.4 is 4.90 Å². The maximum absolute atomic E-state index is 12.9. The van der Waals surface area contributed by atoms with Crippen molar-refractivity contribution in [2.75, 3.05) is 31.1 Å². The number of anilines is 1. The van der Waals surface area contributed by atoms with E-state index in [2.05, 4.69) is 4.98 Å². The SMILES string of the molecule is Cc1nc(C#N)c(N2CCN(S(=O)(=O)c3cccc(C(F)(F)F)c3)CC2)o1. The Morgan fingerprint density at radius 1 is 1.22 bits per heavy atom. The summed E-state index contributed by atoms with van der Waals surface area (Å²) in [5.41, 5.74) is -0.903. The number of hydrogen-bond acceptors (Lipinski definition) is 6. The molecule has 0 N–H and O–H groups in total. The molecule has 27 heavy (non-hydrogen) atoms. The summed E-state index contributed by atoms with van der Waals surface area (Å²) in [4.78, 5) is 5.23. The highest BCUT2D eigenvalue weighted by Crippen LogP contribution is 2.31. The summed E-state index contributed by atoms with van der Waals surface area (Å²) in [5, 5.41) is 9.09. The summed E-state index contributed by atoms with van der Waals surface area (Å²) >= 11 is 0.